The Morgan fingerprint density at radius 2 is 0.188 bits per heavy atom. The highest BCUT2D eigenvalue weighted by Crippen LogP contribution is 2.66. The first-order chi connectivity index (χ1) is 37.7. The molecule has 5 heterocycles. The molecule has 5 aliphatic heterocycles. The highest BCUT2D eigenvalue weighted by Gasteiger charge is 2.68. The second-order valence-electron chi connectivity index (χ2n) is 35.0. The Bertz CT molecular complexity index is 1790. The maximum absolute atomic E-state index is 4.79. The lowest BCUT2D eigenvalue weighted by Gasteiger charge is -2.60. The minimum atomic E-state index is 0.244. The van der Waals surface area contributed by atoms with Gasteiger partial charge in [-0.05, 0) is 237 Å². The van der Waals surface area contributed by atoms with E-state index in [0.29, 0.717) is 94.7 Å². The second-order valence-corrected chi connectivity index (χ2v) is 35.0. The molecule has 0 amide bonds. The smallest absolute Gasteiger partial charge is 0.0631 e. The molecule has 8 nitrogen and oxygen atoms in total. The van der Waals surface area contributed by atoms with Gasteiger partial charge in [-0.3, -0.25) is 42.5 Å². The monoisotopic (exact) mass is 1110 g/mol. The van der Waals surface area contributed by atoms with E-state index >= 15 is 0 Å². The van der Waals surface area contributed by atoms with Crippen molar-refractivity contribution >= 4 is 0 Å². The SMILES string of the molecule is CC1C(C)C(C)C2C(C)C3C4NC(NC5NC(NC6NC(NC7NC(N4)C4C(C)C8C(C)C(C)C(C)C(C)C8C(C)C74)C4C(C)C7C(C)C(C)C(C)C(C)C7C(C)C64)C4C(C)C6C(C)C(C)C(C)C(C)C6C(C)C54)C3C(C)C2C1C. The molecule has 8 saturated carbocycles. The number of nitrogens with one attached hydrogen (secondary N) is 8. The zero-order chi connectivity index (χ0) is 57.4. The van der Waals surface area contributed by atoms with Crippen LogP contribution in [-0.2, 0) is 0 Å². The molecule has 13 aliphatic rings. The lowest BCUT2D eigenvalue weighted by Crippen LogP contribution is -2.62. The van der Waals surface area contributed by atoms with Crippen molar-refractivity contribution in [1.82, 2.24) is 42.5 Å². The highest BCUT2D eigenvalue weighted by molar-refractivity contribution is 5.19. The van der Waals surface area contributed by atoms with E-state index in [1.807, 2.05) is 0 Å². The summed E-state index contributed by atoms with van der Waals surface area (Å²) in [4.78, 5) is 0. The molecule has 456 valence electrons. The minimum Gasteiger partial charge on any atom is -0.286 e. The predicted octanol–water partition coefficient (Wildman–Crippen LogP) is 12.6. The van der Waals surface area contributed by atoms with Crippen LogP contribution < -0.4 is 42.5 Å². The molecule has 8 aliphatic carbocycles. The third-order valence-electron chi connectivity index (χ3n) is 34.0. The summed E-state index contributed by atoms with van der Waals surface area (Å²) in [5, 5.41) is 37.9. The Balaban J connectivity index is 0.956. The number of rotatable bonds is 0. The van der Waals surface area contributed by atoms with Gasteiger partial charge in [0.15, 0.2) is 0 Å². The molecule has 13 fully saturated rings. The lowest BCUT2D eigenvalue weighted by atomic mass is 9.45. The molecule has 0 aromatic rings. The molecule has 0 radical (unpaired) electrons. The van der Waals surface area contributed by atoms with Gasteiger partial charge in [-0.25, -0.2) is 0 Å². The van der Waals surface area contributed by atoms with E-state index in [1.165, 1.54) is 0 Å². The van der Waals surface area contributed by atoms with Crippen molar-refractivity contribution in [2.24, 2.45) is 237 Å². The number of hydrogen-bond acceptors (Lipinski definition) is 8. The molecule has 5 saturated heterocycles. The van der Waals surface area contributed by atoms with Crippen LogP contribution in [0.1, 0.15) is 166 Å². The van der Waals surface area contributed by atoms with Gasteiger partial charge in [0.25, 0.3) is 0 Å². The van der Waals surface area contributed by atoms with Crippen LogP contribution >= 0.6 is 0 Å². The summed E-state index contributed by atoms with van der Waals surface area (Å²) in [5.74, 6) is 27.5. The van der Waals surface area contributed by atoms with Crippen molar-refractivity contribution in [2.75, 3.05) is 0 Å². The minimum absolute atomic E-state index is 0.244. The zero-order valence-corrected chi connectivity index (χ0v) is 55.7. The number of hydrogen-bond donors (Lipinski definition) is 8. The van der Waals surface area contributed by atoms with Crippen molar-refractivity contribution in [1.29, 1.82) is 0 Å². The maximum Gasteiger partial charge on any atom is 0.0631 e. The number of fused-ring (bicyclic) bond motifs is 24. The average Bonchev–Trinajstić information content (AvgIpc) is 4.37. The van der Waals surface area contributed by atoms with E-state index in [1.54, 1.807) is 0 Å². The van der Waals surface area contributed by atoms with Gasteiger partial charge in [-0.15, -0.1) is 0 Å². The van der Waals surface area contributed by atoms with Crippen LogP contribution in [0, 0.1) is 237 Å². The molecule has 40 atom stereocenters. The third-order valence-corrected chi connectivity index (χ3v) is 34.0. The van der Waals surface area contributed by atoms with Crippen LogP contribution in [0.4, 0.5) is 0 Å². The van der Waals surface area contributed by atoms with Crippen molar-refractivity contribution in [3.8, 4) is 0 Å². The quantitative estimate of drug-likeness (QED) is 0.122. The van der Waals surface area contributed by atoms with E-state index in [0.717, 1.165) is 142 Å². The summed E-state index contributed by atoms with van der Waals surface area (Å²) in [7, 11) is 0. The summed E-state index contributed by atoms with van der Waals surface area (Å²) in [6.07, 6.45) is 1.95. The Morgan fingerprint density at radius 3 is 0.275 bits per heavy atom. The van der Waals surface area contributed by atoms with Crippen LogP contribution in [0.25, 0.3) is 0 Å². The first-order valence-corrected chi connectivity index (χ1v) is 35.8. The topological polar surface area (TPSA) is 96.2 Å². The van der Waals surface area contributed by atoms with Crippen LogP contribution in [0.2, 0.25) is 0 Å². The average molecular weight is 1110 g/mol. The van der Waals surface area contributed by atoms with Gasteiger partial charge in [0, 0.05) is 0 Å². The van der Waals surface area contributed by atoms with Crippen LogP contribution in [0.5, 0.6) is 0 Å². The molecule has 8 N–H and O–H groups in total. The van der Waals surface area contributed by atoms with E-state index in [9.17, 15) is 0 Å². The van der Waals surface area contributed by atoms with Gasteiger partial charge >= 0.3 is 0 Å². The van der Waals surface area contributed by atoms with Gasteiger partial charge in [0.05, 0.1) is 49.3 Å². The van der Waals surface area contributed by atoms with Crippen molar-refractivity contribution < 1.29 is 0 Å². The van der Waals surface area contributed by atoms with Crippen molar-refractivity contribution in [3.05, 3.63) is 0 Å². The fraction of sp³-hybridized carbons (Fsp3) is 1.00. The van der Waals surface area contributed by atoms with Gasteiger partial charge in [0.2, 0.25) is 0 Å². The summed E-state index contributed by atoms with van der Waals surface area (Å²) >= 11 is 0. The first-order valence-electron chi connectivity index (χ1n) is 35.8. The molecule has 80 heavy (non-hydrogen) atoms. The first kappa shape index (κ1) is 58.7. The zero-order valence-electron chi connectivity index (χ0n) is 55.7. The third kappa shape index (κ3) is 7.95. The van der Waals surface area contributed by atoms with E-state index in [2.05, 4.69) is 187 Å². The predicted molar refractivity (Wildman–Crippen MR) is 331 cm³/mol. The molecular formula is C72H128N8. The highest BCUT2D eigenvalue weighted by atomic mass is 15.4. The van der Waals surface area contributed by atoms with E-state index in [-0.39, 0.29) is 49.3 Å². The Hall–Kier alpha value is -0.320. The normalized spacial score (nSPS) is 68.1. The molecule has 0 aromatic carbocycles. The molecule has 0 spiro atoms. The summed E-state index contributed by atoms with van der Waals surface area (Å²) in [6, 6.07) is 0. The van der Waals surface area contributed by atoms with Gasteiger partial charge < -0.3 is 0 Å². The molecule has 0 aromatic heterocycles. The van der Waals surface area contributed by atoms with Crippen LogP contribution in [-0.4, -0.2) is 49.3 Å². The Labute approximate surface area is 492 Å². The van der Waals surface area contributed by atoms with Gasteiger partial charge in [0.1, 0.15) is 0 Å². The van der Waals surface area contributed by atoms with Crippen LogP contribution in [0.15, 0.2) is 0 Å². The summed E-state index contributed by atoms with van der Waals surface area (Å²) in [6.45, 7) is 64.6. The van der Waals surface area contributed by atoms with E-state index < -0.39 is 0 Å². The summed E-state index contributed by atoms with van der Waals surface area (Å²) in [5.41, 5.74) is 0. The molecule has 8 bridgehead atoms. The standard InChI is InChI=1S/C72H128N8/c1-25-26(2)34(10)50-42(18)58-57(41(17)49(50)33(25)9)65-73-66(58)78-68-61-45(21)53-37(13)29(5)30(6)38(14)54(53)46(22)62(61)70(75-68)80-72-64-48(24)56-40(16)32(8)31(7)39(15)55(56)47(23)63(64)71(76-72)79-69-60-44(20)52-36(12)28(4)27(3)35(11)51(52)43(19)59(60)67(74-69)77-65/h25-80H,1-24H3. The van der Waals surface area contributed by atoms with E-state index in [4.69, 9.17) is 21.3 Å². The Morgan fingerprint density at radius 1 is 0.100 bits per heavy atom. The van der Waals surface area contributed by atoms with Crippen molar-refractivity contribution in [2.45, 2.75) is 215 Å². The van der Waals surface area contributed by atoms with Gasteiger partial charge in [-0.1, -0.05) is 166 Å². The fourth-order valence-corrected chi connectivity index (χ4v) is 28.8. The fourth-order valence-electron chi connectivity index (χ4n) is 28.8. The van der Waals surface area contributed by atoms with Crippen LogP contribution in [0.3, 0.4) is 0 Å². The largest absolute Gasteiger partial charge is 0.286 e. The second kappa shape index (κ2) is 20.6. The summed E-state index contributed by atoms with van der Waals surface area (Å²) < 4.78 is 0. The maximum atomic E-state index is 4.79. The molecule has 40 unspecified atom stereocenters. The Kier molecular flexibility index (Phi) is 15.1. The molecule has 8 heteroatoms. The molecule has 13 rings (SSSR count). The molecular weight excluding hydrogens is 977 g/mol. The van der Waals surface area contributed by atoms with Crippen molar-refractivity contribution in [3.63, 3.8) is 0 Å². The van der Waals surface area contributed by atoms with Gasteiger partial charge in [-0.2, -0.15) is 0 Å². The lowest BCUT2D eigenvalue weighted by molar-refractivity contribution is -0.126.